The summed E-state index contributed by atoms with van der Waals surface area (Å²) in [6, 6.07) is 11.8. The van der Waals surface area contributed by atoms with Gasteiger partial charge < -0.3 is 15.3 Å². The number of hydrogen-bond donors (Lipinski definition) is 2. The van der Waals surface area contributed by atoms with Crippen LogP contribution >= 0.6 is 0 Å². The van der Waals surface area contributed by atoms with E-state index in [0.717, 1.165) is 25.8 Å². The van der Waals surface area contributed by atoms with Crippen molar-refractivity contribution in [1.29, 1.82) is 0 Å². The van der Waals surface area contributed by atoms with Gasteiger partial charge in [0.25, 0.3) is 5.91 Å². The van der Waals surface area contributed by atoms with Gasteiger partial charge in [-0.25, -0.2) is 4.39 Å². The summed E-state index contributed by atoms with van der Waals surface area (Å²) in [6.45, 7) is 3.86. The molecule has 4 nitrogen and oxygen atoms in total. The van der Waals surface area contributed by atoms with Gasteiger partial charge in [0.2, 0.25) is 0 Å². The summed E-state index contributed by atoms with van der Waals surface area (Å²) in [5.74, 6) is 0.210. The third kappa shape index (κ3) is 3.18. The van der Waals surface area contributed by atoms with Crippen LogP contribution in [0.1, 0.15) is 41.3 Å². The average molecular weight is 382 g/mol. The molecule has 1 fully saturated rings. The van der Waals surface area contributed by atoms with Crippen LogP contribution < -0.4 is 5.32 Å². The summed E-state index contributed by atoms with van der Waals surface area (Å²) in [5.41, 5.74) is 2.95. The first-order valence-corrected chi connectivity index (χ1v) is 9.97. The topological polar surface area (TPSA) is 52.6 Å². The first-order valence-electron chi connectivity index (χ1n) is 9.97. The van der Waals surface area contributed by atoms with E-state index in [1.165, 1.54) is 35.4 Å². The van der Waals surface area contributed by atoms with E-state index in [0.29, 0.717) is 29.8 Å². The number of carbonyl (C=O) groups excluding carboxylic acids is 1. The lowest BCUT2D eigenvalue weighted by Crippen LogP contribution is -2.58. The highest BCUT2D eigenvalue weighted by atomic mass is 19.1. The van der Waals surface area contributed by atoms with Crippen LogP contribution in [0.25, 0.3) is 0 Å². The normalized spacial score (nSPS) is 26.5. The van der Waals surface area contributed by atoms with Crippen LogP contribution in [-0.4, -0.2) is 42.1 Å². The SMILES string of the molecule is C[C@H]1[C@H]2Cc3ccc(O)cc3C1(CCNC(=O)c1ccc(F)cc1)CCN2C. The van der Waals surface area contributed by atoms with Gasteiger partial charge >= 0.3 is 0 Å². The Bertz CT molecular complexity index is 883. The number of likely N-dealkylation sites (N-methyl/N-ethyl adjacent to an activating group) is 1. The fraction of sp³-hybridized carbons (Fsp3) is 0.435. The molecule has 2 N–H and O–H groups in total. The van der Waals surface area contributed by atoms with Gasteiger partial charge in [0.15, 0.2) is 0 Å². The summed E-state index contributed by atoms with van der Waals surface area (Å²) in [4.78, 5) is 14.9. The Hall–Kier alpha value is -2.40. The molecule has 5 heteroatoms. The van der Waals surface area contributed by atoms with E-state index in [1.54, 1.807) is 6.07 Å². The maximum absolute atomic E-state index is 13.1. The second-order valence-corrected chi connectivity index (χ2v) is 8.30. The van der Waals surface area contributed by atoms with Crippen LogP contribution in [0.3, 0.4) is 0 Å². The Labute approximate surface area is 165 Å². The number of likely N-dealkylation sites (tertiary alicyclic amines) is 1. The van der Waals surface area contributed by atoms with Crippen LogP contribution in [0, 0.1) is 11.7 Å². The lowest BCUT2D eigenvalue weighted by atomic mass is 9.56. The van der Waals surface area contributed by atoms with E-state index in [-0.39, 0.29) is 17.1 Å². The zero-order chi connectivity index (χ0) is 19.9. The molecule has 1 unspecified atom stereocenters. The Morgan fingerprint density at radius 3 is 2.79 bits per heavy atom. The van der Waals surface area contributed by atoms with Gasteiger partial charge in [-0.1, -0.05) is 13.0 Å². The maximum Gasteiger partial charge on any atom is 0.251 e. The molecular formula is C23H27FN2O2. The summed E-state index contributed by atoms with van der Waals surface area (Å²) in [6.07, 6.45) is 2.82. The average Bonchev–Trinajstić information content (AvgIpc) is 2.67. The summed E-state index contributed by atoms with van der Waals surface area (Å²) >= 11 is 0. The van der Waals surface area contributed by atoms with Crippen LogP contribution in [0.15, 0.2) is 42.5 Å². The molecular weight excluding hydrogens is 355 g/mol. The van der Waals surface area contributed by atoms with Crippen molar-refractivity contribution in [2.75, 3.05) is 20.1 Å². The second-order valence-electron chi connectivity index (χ2n) is 8.30. The molecule has 2 bridgehead atoms. The number of fused-ring (bicyclic) bond motifs is 4. The minimum absolute atomic E-state index is 0.0560. The molecule has 3 atom stereocenters. The van der Waals surface area contributed by atoms with Crippen LogP contribution in [0.5, 0.6) is 5.75 Å². The predicted octanol–water partition coefficient (Wildman–Crippen LogP) is 3.49. The molecule has 28 heavy (non-hydrogen) atoms. The molecule has 0 saturated carbocycles. The molecule has 2 aromatic rings. The van der Waals surface area contributed by atoms with Crippen LogP contribution in [0.2, 0.25) is 0 Å². The molecule has 148 valence electrons. The van der Waals surface area contributed by atoms with Crippen molar-refractivity contribution < 1.29 is 14.3 Å². The van der Waals surface area contributed by atoms with Crippen molar-refractivity contribution in [2.24, 2.45) is 5.92 Å². The number of rotatable bonds is 4. The Morgan fingerprint density at radius 2 is 2.04 bits per heavy atom. The first kappa shape index (κ1) is 18.9. The Kier molecular flexibility index (Phi) is 4.88. The van der Waals surface area contributed by atoms with Crippen molar-refractivity contribution in [2.45, 2.75) is 37.6 Å². The molecule has 2 aliphatic rings. The predicted molar refractivity (Wildman–Crippen MR) is 107 cm³/mol. The monoisotopic (exact) mass is 382 g/mol. The standard InChI is InChI=1S/C23H27FN2O2/c1-15-21-13-17-5-8-19(27)14-20(17)23(15,10-12-26(21)2)9-11-25-22(28)16-3-6-18(24)7-4-16/h3-8,14-15,21,27H,9-13H2,1-2H3,(H,25,28)/t15-,21+,23?/m0/s1. The molecule has 0 aromatic heterocycles. The molecule has 1 amide bonds. The van der Waals surface area contributed by atoms with Gasteiger partial charge in [-0.2, -0.15) is 0 Å². The number of aromatic hydroxyl groups is 1. The van der Waals surface area contributed by atoms with Crippen LogP contribution in [0.4, 0.5) is 4.39 Å². The molecule has 1 aliphatic heterocycles. The van der Waals surface area contributed by atoms with Gasteiger partial charge in [-0.15, -0.1) is 0 Å². The van der Waals surface area contributed by atoms with Crippen molar-refractivity contribution in [3.8, 4) is 5.75 Å². The number of benzene rings is 2. The zero-order valence-corrected chi connectivity index (χ0v) is 16.4. The molecule has 1 heterocycles. The second kappa shape index (κ2) is 7.21. The largest absolute Gasteiger partial charge is 0.508 e. The molecule has 2 aromatic carbocycles. The Balaban J connectivity index is 1.56. The van der Waals surface area contributed by atoms with Gasteiger partial charge in [0, 0.05) is 23.6 Å². The molecule has 0 spiro atoms. The van der Waals surface area contributed by atoms with Gasteiger partial charge in [-0.3, -0.25) is 4.79 Å². The lowest BCUT2D eigenvalue weighted by molar-refractivity contribution is 0.0358. The third-order valence-corrected chi connectivity index (χ3v) is 6.95. The quantitative estimate of drug-likeness (QED) is 0.851. The molecule has 4 rings (SSSR count). The summed E-state index contributed by atoms with van der Waals surface area (Å²) in [5, 5.41) is 13.1. The number of piperidine rings is 1. The minimum atomic E-state index is -0.347. The van der Waals surface area contributed by atoms with Crippen molar-refractivity contribution >= 4 is 5.91 Å². The summed E-state index contributed by atoms with van der Waals surface area (Å²) in [7, 11) is 2.19. The summed E-state index contributed by atoms with van der Waals surface area (Å²) < 4.78 is 13.1. The number of hydrogen-bond acceptors (Lipinski definition) is 3. The first-order chi connectivity index (χ1) is 13.4. The number of phenols is 1. The lowest BCUT2D eigenvalue weighted by Gasteiger charge is -2.55. The van der Waals surface area contributed by atoms with E-state index < -0.39 is 0 Å². The number of carbonyl (C=O) groups is 1. The highest BCUT2D eigenvalue weighted by molar-refractivity contribution is 5.94. The molecule has 1 saturated heterocycles. The van der Waals surface area contributed by atoms with E-state index in [2.05, 4.69) is 30.3 Å². The van der Waals surface area contributed by atoms with Crippen LogP contribution in [-0.2, 0) is 11.8 Å². The smallest absolute Gasteiger partial charge is 0.251 e. The van der Waals surface area contributed by atoms with E-state index in [4.69, 9.17) is 0 Å². The zero-order valence-electron chi connectivity index (χ0n) is 16.4. The highest BCUT2D eigenvalue weighted by Gasteiger charge is 2.50. The minimum Gasteiger partial charge on any atom is -0.508 e. The number of amides is 1. The number of halogens is 1. The fourth-order valence-electron chi connectivity index (χ4n) is 5.25. The Morgan fingerprint density at radius 1 is 1.29 bits per heavy atom. The molecule has 1 aliphatic carbocycles. The van der Waals surface area contributed by atoms with Gasteiger partial charge in [-0.05, 0) is 86.3 Å². The highest BCUT2D eigenvalue weighted by Crippen LogP contribution is 2.51. The number of nitrogens with zero attached hydrogens (tertiary/aromatic N) is 1. The molecule has 0 radical (unpaired) electrons. The number of nitrogens with one attached hydrogen (secondary N) is 1. The van der Waals surface area contributed by atoms with Gasteiger partial charge in [0.05, 0.1) is 0 Å². The van der Waals surface area contributed by atoms with Gasteiger partial charge in [0.1, 0.15) is 11.6 Å². The maximum atomic E-state index is 13.1. The third-order valence-electron chi connectivity index (χ3n) is 6.95. The van der Waals surface area contributed by atoms with E-state index in [9.17, 15) is 14.3 Å². The van der Waals surface area contributed by atoms with Crippen molar-refractivity contribution in [1.82, 2.24) is 10.2 Å². The van der Waals surface area contributed by atoms with Crippen molar-refractivity contribution in [3.63, 3.8) is 0 Å². The van der Waals surface area contributed by atoms with E-state index in [1.807, 2.05) is 6.07 Å². The van der Waals surface area contributed by atoms with E-state index >= 15 is 0 Å². The fourth-order valence-corrected chi connectivity index (χ4v) is 5.25. The number of phenolic OH excluding ortho intramolecular Hbond substituents is 1. The van der Waals surface area contributed by atoms with Crippen molar-refractivity contribution in [3.05, 3.63) is 65.0 Å².